The first-order valence-electron chi connectivity index (χ1n) is 5.75. The Kier molecular flexibility index (Phi) is 4.51. The zero-order valence-electron chi connectivity index (χ0n) is 9.83. The predicted molar refractivity (Wildman–Crippen MR) is 72.6 cm³/mol. The SMILES string of the molecule is Cc1ccc([S+]([O-])C(Cl)=C2CCNCC2)cc1. The van der Waals surface area contributed by atoms with E-state index in [0.717, 1.165) is 42.0 Å². The van der Waals surface area contributed by atoms with Gasteiger partial charge in [0.2, 0.25) is 4.36 Å². The number of hydrogen-bond donors (Lipinski definition) is 1. The molecule has 1 heterocycles. The normalized spacial score (nSPS) is 17.9. The van der Waals surface area contributed by atoms with Crippen LogP contribution in [0.25, 0.3) is 0 Å². The van der Waals surface area contributed by atoms with Crippen LogP contribution in [0.15, 0.2) is 39.1 Å². The Bertz CT molecular complexity index is 408. The van der Waals surface area contributed by atoms with Crippen LogP contribution in [0.1, 0.15) is 18.4 Å². The van der Waals surface area contributed by atoms with Gasteiger partial charge in [0, 0.05) is 16.7 Å². The monoisotopic (exact) mass is 269 g/mol. The van der Waals surface area contributed by atoms with Crippen LogP contribution in [0.4, 0.5) is 0 Å². The molecule has 2 rings (SSSR count). The first-order valence-corrected chi connectivity index (χ1v) is 7.28. The van der Waals surface area contributed by atoms with Crippen molar-refractivity contribution in [1.29, 1.82) is 0 Å². The molecule has 0 radical (unpaired) electrons. The van der Waals surface area contributed by atoms with Gasteiger partial charge >= 0.3 is 0 Å². The molecule has 1 saturated heterocycles. The minimum Gasteiger partial charge on any atom is -0.606 e. The summed E-state index contributed by atoms with van der Waals surface area (Å²) in [6.45, 7) is 3.87. The zero-order chi connectivity index (χ0) is 12.3. The van der Waals surface area contributed by atoms with E-state index in [-0.39, 0.29) is 0 Å². The fraction of sp³-hybridized carbons (Fsp3) is 0.385. The molecular weight excluding hydrogens is 254 g/mol. The molecule has 0 amide bonds. The van der Waals surface area contributed by atoms with E-state index in [0.29, 0.717) is 4.36 Å². The maximum Gasteiger partial charge on any atom is 0.224 e. The lowest BCUT2D eigenvalue weighted by atomic mass is 10.1. The lowest BCUT2D eigenvalue weighted by molar-refractivity contribution is 0.594. The summed E-state index contributed by atoms with van der Waals surface area (Å²) in [5, 5.41) is 3.26. The van der Waals surface area contributed by atoms with Crippen molar-refractivity contribution in [3.63, 3.8) is 0 Å². The topological polar surface area (TPSA) is 35.1 Å². The fourth-order valence-corrected chi connectivity index (χ4v) is 3.33. The molecule has 92 valence electrons. The molecule has 0 aliphatic carbocycles. The lowest BCUT2D eigenvalue weighted by Crippen LogP contribution is -2.24. The Morgan fingerprint density at radius 2 is 1.82 bits per heavy atom. The summed E-state index contributed by atoms with van der Waals surface area (Å²) < 4.78 is 12.8. The maximum atomic E-state index is 12.3. The number of halogens is 1. The number of benzene rings is 1. The molecule has 1 fully saturated rings. The van der Waals surface area contributed by atoms with E-state index < -0.39 is 11.2 Å². The molecule has 2 nitrogen and oxygen atoms in total. The molecule has 1 atom stereocenters. The minimum atomic E-state index is -1.22. The Hall–Kier alpha value is -0.480. The van der Waals surface area contributed by atoms with Crippen LogP contribution in [-0.4, -0.2) is 17.6 Å². The van der Waals surface area contributed by atoms with Gasteiger partial charge < -0.3 is 9.87 Å². The molecule has 1 unspecified atom stereocenters. The van der Waals surface area contributed by atoms with Crippen molar-refractivity contribution in [3.8, 4) is 0 Å². The van der Waals surface area contributed by atoms with Crippen LogP contribution in [0.5, 0.6) is 0 Å². The van der Waals surface area contributed by atoms with Crippen LogP contribution in [0.3, 0.4) is 0 Å². The van der Waals surface area contributed by atoms with Gasteiger partial charge in [-0.3, -0.25) is 0 Å². The van der Waals surface area contributed by atoms with Crippen molar-refractivity contribution in [1.82, 2.24) is 5.32 Å². The van der Waals surface area contributed by atoms with Gasteiger partial charge in [-0.1, -0.05) is 17.7 Å². The summed E-state index contributed by atoms with van der Waals surface area (Å²) in [6, 6.07) is 7.69. The third-order valence-electron chi connectivity index (χ3n) is 2.88. The number of hydrogen-bond acceptors (Lipinski definition) is 2. The first kappa shape index (κ1) is 13.0. The van der Waals surface area contributed by atoms with E-state index in [9.17, 15) is 4.55 Å². The third kappa shape index (κ3) is 3.26. The Labute approximate surface area is 110 Å². The summed E-state index contributed by atoms with van der Waals surface area (Å²) in [6.07, 6.45) is 1.80. The summed E-state index contributed by atoms with van der Waals surface area (Å²) in [4.78, 5) is 0.784. The molecule has 1 aromatic carbocycles. The summed E-state index contributed by atoms with van der Waals surface area (Å²) in [5.74, 6) is 0. The highest BCUT2D eigenvalue weighted by Gasteiger charge is 2.21. The number of piperidine rings is 1. The number of rotatable bonds is 2. The van der Waals surface area contributed by atoms with E-state index in [4.69, 9.17) is 11.6 Å². The summed E-state index contributed by atoms with van der Waals surface area (Å²) in [5.41, 5.74) is 2.29. The van der Waals surface area contributed by atoms with Gasteiger partial charge in [-0.15, -0.1) is 0 Å². The molecule has 17 heavy (non-hydrogen) atoms. The average Bonchev–Trinajstić information content (AvgIpc) is 2.39. The Morgan fingerprint density at radius 3 is 2.41 bits per heavy atom. The van der Waals surface area contributed by atoms with Gasteiger partial charge in [0.15, 0.2) is 4.90 Å². The van der Waals surface area contributed by atoms with Gasteiger partial charge in [-0.2, -0.15) is 0 Å². The van der Waals surface area contributed by atoms with Crippen LogP contribution < -0.4 is 5.32 Å². The Balaban J connectivity index is 2.18. The Morgan fingerprint density at radius 1 is 1.24 bits per heavy atom. The lowest BCUT2D eigenvalue weighted by Gasteiger charge is -2.18. The standard InChI is InChI=1S/C13H16ClNOS/c1-10-2-4-12(5-3-10)17(16)13(14)11-6-8-15-9-7-11/h2-5,15H,6-9H2,1H3. The van der Waals surface area contributed by atoms with Crippen LogP contribution >= 0.6 is 11.6 Å². The average molecular weight is 270 g/mol. The van der Waals surface area contributed by atoms with Crippen LogP contribution in [0.2, 0.25) is 0 Å². The largest absolute Gasteiger partial charge is 0.606 e. The van der Waals surface area contributed by atoms with Crippen molar-refractivity contribution in [2.24, 2.45) is 0 Å². The molecule has 1 aliphatic heterocycles. The smallest absolute Gasteiger partial charge is 0.224 e. The highest BCUT2D eigenvalue weighted by Crippen LogP contribution is 2.29. The van der Waals surface area contributed by atoms with Gasteiger partial charge in [0.25, 0.3) is 0 Å². The van der Waals surface area contributed by atoms with E-state index in [2.05, 4.69) is 5.32 Å². The van der Waals surface area contributed by atoms with Gasteiger partial charge in [-0.05, 0) is 56.6 Å². The van der Waals surface area contributed by atoms with Crippen molar-refractivity contribution >= 4 is 22.8 Å². The first-order chi connectivity index (χ1) is 8.18. The van der Waals surface area contributed by atoms with Crippen LogP contribution in [0, 0.1) is 6.92 Å². The summed E-state index contributed by atoms with van der Waals surface area (Å²) >= 11 is 5.02. The third-order valence-corrected chi connectivity index (χ3v) is 4.89. The highest BCUT2D eigenvalue weighted by atomic mass is 35.5. The second-order valence-corrected chi connectivity index (χ2v) is 6.23. The quantitative estimate of drug-likeness (QED) is 0.838. The van der Waals surface area contributed by atoms with E-state index in [1.165, 1.54) is 0 Å². The molecule has 1 aromatic rings. The maximum absolute atomic E-state index is 12.3. The second kappa shape index (κ2) is 5.91. The zero-order valence-corrected chi connectivity index (χ0v) is 11.4. The van der Waals surface area contributed by atoms with Crippen molar-refractivity contribution < 1.29 is 4.55 Å². The van der Waals surface area contributed by atoms with Crippen molar-refractivity contribution in [2.45, 2.75) is 24.7 Å². The van der Waals surface area contributed by atoms with Gasteiger partial charge in [0.1, 0.15) is 0 Å². The fourth-order valence-electron chi connectivity index (χ4n) is 1.82. The molecule has 1 aliphatic rings. The van der Waals surface area contributed by atoms with E-state index in [1.54, 1.807) is 0 Å². The van der Waals surface area contributed by atoms with Gasteiger partial charge in [-0.25, -0.2) is 0 Å². The van der Waals surface area contributed by atoms with E-state index >= 15 is 0 Å². The minimum absolute atomic E-state index is 0.523. The molecule has 0 spiro atoms. The van der Waals surface area contributed by atoms with E-state index in [1.807, 2.05) is 31.2 Å². The molecule has 1 N–H and O–H groups in total. The van der Waals surface area contributed by atoms with Crippen molar-refractivity contribution in [3.05, 3.63) is 39.8 Å². The van der Waals surface area contributed by atoms with Crippen molar-refractivity contribution in [2.75, 3.05) is 13.1 Å². The number of aryl methyl sites for hydroxylation is 1. The molecule has 4 heteroatoms. The second-order valence-electron chi connectivity index (χ2n) is 4.21. The van der Waals surface area contributed by atoms with Crippen LogP contribution in [-0.2, 0) is 11.2 Å². The molecule has 0 aromatic heterocycles. The molecule has 0 bridgehead atoms. The molecule has 0 saturated carbocycles. The highest BCUT2D eigenvalue weighted by molar-refractivity contribution is 7.96. The summed E-state index contributed by atoms with van der Waals surface area (Å²) in [7, 11) is 0. The molecular formula is C13H16ClNOS. The van der Waals surface area contributed by atoms with Gasteiger partial charge in [0.05, 0.1) is 0 Å². The number of nitrogens with one attached hydrogen (secondary N) is 1. The predicted octanol–water partition coefficient (Wildman–Crippen LogP) is 2.94.